The van der Waals surface area contributed by atoms with E-state index in [0.29, 0.717) is 0 Å². The van der Waals surface area contributed by atoms with Crippen LogP contribution in [0.2, 0.25) is 0 Å². The van der Waals surface area contributed by atoms with Gasteiger partial charge in [0.1, 0.15) is 5.69 Å². The van der Waals surface area contributed by atoms with Gasteiger partial charge < -0.3 is 10.1 Å². The van der Waals surface area contributed by atoms with Crippen molar-refractivity contribution in [2.24, 2.45) is 0 Å². The second-order valence-electron chi connectivity index (χ2n) is 3.61. The summed E-state index contributed by atoms with van der Waals surface area (Å²) >= 11 is 0. The molecule has 0 aliphatic heterocycles. The number of carbonyl (C=O) groups excluding carboxylic acids is 1. The molecule has 0 saturated carbocycles. The third-order valence-electron chi connectivity index (χ3n) is 2.09. The van der Waals surface area contributed by atoms with E-state index >= 15 is 0 Å². The van der Waals surface area contributed by atoms with E-state index in [4.69, 9.17) is 4.74 Å². The number of hydrogen-bond acceptors (Lipinski definition) is 7. The van der Waals surface area contributed by atoms with Gasteiger partial charge in [-0.3, -0.25) is 25.0 Å². The molecule has 0 spiro atoms. The Hall–Kier alpha value is -2.71. The van der Waals surface area contributed by atoms with Crippen molar-refractivity contribution in [3.05, 3.63) is 38.4 Å². The summed E-state index contributed by atoms with van der Waals surface area (Å²) in [7, 11) is 0. The third kappa shape index (κ3) is 3.91. The molecule has 0 heterocycles. The first kappa shape index (κ1) is 14.4. The molecule has 9 heteroatoms. The molecular formula is C10H11N3O6. The van der Waals surface area contributed by atoms with Gasteiger partial charge in [-0.15, -0.1) is 0 Å². The number of carbonyl (C=O) groups is 1. The first-order valence-corrected chi connectivity index (χ1v) is 5.18. The largest absolute Gasteiger partial charge is 0.442 e. The average Bonchev–Trinajstić information content (AvgIpc) is 2.27. The van der Waals surface area contributed by atoms with Crippen LogP contribution in [0.25, 0.3) is 0 Å². The van der Waals surface area contributed by atoms with Crippen molar-refractivity contribution in [1.29, 1.82) is 0 Å². The summed E-state index contributed by atoms with van der Waals surface area (Å²) in [5.41, 5.74) is -0.824. The molecule has 1 rings (SSSR count). The molecule has 1 aromatic carbocycles. The Balaban J connectivity index is 3.03. The van der Waals surface area contributed by atoms with Gasteiger partial charge in [0.2, 0.25) is 0 Å². The van der Waals surface area contributed by atoms with Crippen LogP contribution in [0, 0.1) is 20.2 Å². The highest BCUT2D eigenvalue weighted by Gasteiger charge is 2.20. The van der Waals surface area contributed by atoms with Crippen molar-refractivity contribution in [3.63, 3.8) is 0 Å². The van der Waals surface area contributed by atoms with E-state index in [9.17, 15) is 25.0 Å². The van der Waals surface area contributed by atoms with Crippen molar-refractivity contribution in [3.8, 4) is 0 Å². The van der Waals surface area contributed by atoms with Crippen LogP contribution in [0.4, 0.5) is 17.1 Å². The van der Waals surface area contributed by atoms with Gasteiger partial charge in [-0.25, -0.2) is 0 Å². The Labute approximate surface area is 107 Å². The van der Waals surface area contributed by atoms with E-state index in [1.165, 1.54) is 19.9 Å². The molecule has 0 aromatic heterocycles. The van der Waals surface area contributed by atoms with Gasteiger partial charge in [0.05, 0.1) is 15.9 Å². The first-order valence-electron chi connectivity index (χ1n) is 5.18. The molecule has 19 heavy (non-hydrogen) atoms. The van der Waals surface area contributed by atoms with E-state index in [1.54, 1.807) is 0 Å². The summed E-state index contributed by atoms with van der Waals surface area (Å²) in [4.78, 5) is 30.6. The third-order valence-corrected chi connectivity index (χ3v) is 2.09. The SMILES string of the molecule is CC(=O)OC(C)Nc1ccc([N+](=O)[O-])cc1[N+](=O)[O-]. The zero-order valence-corrected chi connectivity index (χ0v) is 10.2. The summed E-state index contributed by atoms with van der Waals surface area (Å²) in [5, 5.41) is 24.0. The molecule has 0 bridgehead atoms. The number of rotatable bonds is 5. The lowest BCUT2D eigenvalue weighted by molar-refractivity contribution is -0.393. The fourth-order valence-electron chi connectivity index (χ4n) is 1.40. The lowest BCUT2D eigenvalue weighted by atomic mass is 10.2. The summed E-state index contributed by atoms with van der Waals surface area (Å²) in [5.74, 6) is -0.551. The van der Waals surface area contributed by atoms with Gasteiger partial charge in [-0.05, 0) is 13.0 Å². The summed E-state index contributed by atoms with van der Waals surface area (Å²) < 4.78 is 4.76. The predicted octanol–water partition coefficient (Wildman–Crippen LogP) is 1.82. The van der Waals surface area contributed by atoms with Crippen molar-refractivity contribution in [2.45, 2.75) is 20.1 Å². The fraction of sp³-hybridized carbons (Fsp3) is 0.300. The van der Waals surface area contributed by atoms with Crippen LogP contribution in [0.1, 0.15) is 13.8 Å². The van der Waals surface area contributed by atoms with Gasteiger partial charge in [0, 0.05) is 13.0 Å². The van der Waals surface area contributed by atoms with Crippen molar-refractivity contribution >= 4 is 23.0 Å². The van der Waals surface area contributed by atoms with Gasteiger partial charge in [-0.2, -0.15) is 0 Å². The Morgan fingerprint density at radius 1 is 1.32 bits per heavy atom. The zero-order chi connectivity index (χ0) is 14.6. The van der Waals surface area contributed by atoms with E-state index in [-0.39, 0.29) is 5.69 Å². The average molecular weight is 269 g/mol. The second kappa shape index (κ2) is 5.76. The topological polar surface area (TPSA) is 125 Å². The molecule has 0 fully saturated rings. The number of anilines is 1. The van der Waals surface area contributed by atoms with Gasteiger partial charge in [0.15, 0.2) is 6.23 Å². The first-order chi connectivity index (χ1) is 8.81. The number of hydrogen-bond donors (Lipinski definition) is 1. The Kier molecular flexibility index (Phi) is 4.35. The number of benzene rings is 1. The van der Waals surface area contributed by atoms with Crippen LogP contribution in [0.5, 0.6) is 0 Å². The molecule has 1 atom stereocenters. The van der Waals surface area contributed by atoms with E-state index in [1.807, 2.05) is 0 Å². The minimum absolute atomic E-state index is 0.0318. The monoisotopic (exact) mass is 269 g/mol. The number of nitrogens with one attached hydrogen (secondary N) is 1. The molecule has 1 aromatic rings. The van der Waals surface area contributed by atoms with Crippen molar-refractivity contribution in [1.82, 2.24) is 0 Å². The van der Waals surface area contributed by atoms with E-state index in [2.05, 4.69) is 5.32 Å². The second-order valence-corrected chi connectivity index (χ2v) is 3.61. The molecule has 1 unspecified atom stereocenters. The zero-order valence-electron chi connectivity index (χ0n) is 10.2. The van der Waals surface area contributed by atoms with Crippen LogP contribution in [0.15, 0.2) is 18.2 Å². The van der Waals surface area contributed by atoms with Crippen molar-refractivity contribution < 1.29 is 19.4 Å². The summed E-state index contributed by atoms with van der Waals surface area (Å²) in [6.07, 6.45) is -0.794. The molecular weight excluding hydrogens is 258 g/mol. The minimum atomic E-state index is -0.794. The van der Waals surface area contributed by atoms with E-state index < -0.39 is 33.4 Å². The fourth-order valence-corrected chi connectivity index (χ4v) is 1.40. The molecule has 1 N–H and O–H groups in total. The maximum atomic E-state index is 10.8. The number of non-ortho nitro benzene ring substituents is 1. The molecule has 9 nitrogen and oxygen atoms in total. The van der Waals surface area contributed by atoms with Crippen LogP contribution in [-0.2, 0) is 9.53 Å². The normalized spacial score (nSPS) is 11.5. The molecule has 0 aliphatic rings. The molecule has 0 saturated heterocycles. The number of nitro benzene ring substituents is 2. The summed E-state index contributed by atoms with van der Waals surface area (Å²) in [6, 6.07) is 3.15. The quantitative estimate of drug-likeness (QED) is 0.374. The number of ether oxygens (including phenoxy) is 1. The van der Waals surface area contributed by atoms with Gasteiger partial charge in [0.25, 0.3) is 11.4 Å². The van der Waals surface area contributed by atoms with Gasteiger partial charge >= 0.3 is 5.97 Å². The standard InChI is InChI=1S/C10H11N3O6/c1-6(19-7(2)14)11-9-4-3-8(12(15)16)5-10(9)13(17)18/h3-6,11H,1-2H3. The van der Waals surface area contributed by atoms with E-state index in [0.717, 1.165) is 12.1 Å². The van der Waals surface area contributed by atoms with Crippen LogP contribution in [-0.4, -0.2) is 22.0 Å². The highest BCUT2D eigenvalue weighted by Crippen LogP contribution is 2.29. The maximum absolute atomic E-state index is 10.8. The highest BCUT2D eigenvalue weighted by molar-refractivity contribution is 5.68. The Morgan fingerprint density at radius 2 is 1.95 bits per heavy atom. The number of nitro groups is 2. The number of nitrogens with zero attached hydrogens (tertiary/aromatic N) is 2. The lowest BCUT2D eigenvalue weighted by Gasteiger charge is -2.14. The molecule has 0 aliphatic carbocycles. The van der Waals surface area contributed by atoms with Crippen molar-refractivity contribution in [2.75, 3.05) is 5.32 Å². The Bertz CT molecular complexity index is 530. The molecule has 0 amide bonds. The molecule has 102 valence electrons. The lowest BCUT2D eigenvalue weighted by Crippen LogP contribution is -2.22. The highest BCUT2D eigenvalue weighted by atomic mass is 16.6. The summed E-state index contributed by atoms with van der Waals surface area (Å²) in [6.45, 7) is 2.68. The van der Waals surface area contributed by atoms with Crippen LogP contribution in [0.3, 0.4) is 0 Å². The van der Waals surface area contributed by atoms with Crippen LogP contribution < -0.4 is 5.32 Å². The van der Waals surface area contributed by atoms with Gasteiger partial charge in [-0.1, -0.05) is 0 Å². The number of esters is 1. The smallest absolute Gasteiger partial charge is 0.304 e. The Morgan fingerprint density at radius 3 is 2.42 bits per heavy atom. The minimum Gasteiger partial charge on any atom is -0.442 e. The molecule has 0 radical (unpaired) electrons. The predicted molar refractivity (Wildman–Crippen MR) is 64.6 cm³/mol. The maximum Gasteiger partial charge on any atom is 0.304 e. The van der Waals surface area contributed by atoms with Crippen LogP contribution >= 0.6 is 0 Å².